The minimum absolute atomic E-state index is 0. The summed E-state index contributed by atoms with van der Waals surface area (Å²) in [7, 11) is 0. The van der Waals surface area contributed by atoms with Crippen LogP contribution in [0.5, 0.6) is 11.5 Å². The molecular formula is C16H25ClF2N2O2. The van der Waals surface area contributed by atoms with E-state index in [9.17, 15) is 8.78 Å². The fraction of sp³-hybridized carbons (Fsp3) is 0.625. The molecule has 23 heavy (non-hydrogen) atoms. The van der Waals surface area contributed by atoms with Gasteiger partial charge >= 0.3 is 6.61 Å². The Morgan fingerprint density at radius 2 is 2.09 bits per heavy atom. The predicted molar refractivity (Wildman–Crippen MR) is 88.5 cm³/mol. The number of nitrogens with two attached hydrogens (primary N) is 1. The first kappa shape index (κ1) is 19.9. The number of hydrogen-bond donors (Lipinski definition) is 1. The molecular weight excluding hydrogens is 326 g/mol. The van der Waals surface area contributed by atoms with Crippen LogP contribution in [0.1, 0.15) is 25.8 Å². The van der Waals surface area contributed by atoms with E-state index in [1.807, 2.05) is 6.92 Å². The van der Waals surface area contributed by atoms with Crippen molar-refractivity contribution in [3.63, 3.8) is 0 Å². The van der Waals surface area contributed by atoms with Gasteiger partial charge in [0.25, 0.3) is 0 Å². The summed E-state index contributed by atoms with van der Waals surface area (Å²) in [6.45, 7) is 4.92. The van der Waals surface area contributed by atoms with Crippen molar-refractivity contribution in [3.05, 3.63) is 23.8 Å². The third-order valence-electron chi connectivity index (χ3n) is 4.06. The first-order valence-corrected chi connectivity index (χ1v) is 7.59. The van der Waals surface area contributed by atoms with Crippen molar-refractivity contribution in [2.45, 2.75) is 33.4 Å². The van der Waals surface area contributed by atoms with E-state index in [2.05, 4.69) is 16.6 Å². The molecule has 4 nitrogen and oxygen atoms in total. The van der Waals surface area contributed by atoms with Crippen LogP contribution in [0, 0.1) is 5.41 Å². The standard InChI is InChI=1S/C16H24F2N2O2.ClH/c1-3-21-14-8-12(4-5-13(14)22-15(17)18)9-20-7-6-16(2,10-19)11-20;/h4-5,8,15H,3,6-7,9-11,19H2,1-2H3;1H. The molecule has 1 saturated heterocycles. The Labute approximate surface area is 142 Å². The highest BCUT2D eigenvalue weighted by Crippen LogP contribution is 2.33. The molecule has 0 radical (unpaired) electrons. The van der Waals surface area contributed by atoms with E-state index < -0.39 is 6.61 Å². The molecule has 0 saturated carbocycles. The van der Waals surface area contributed by atoms with Crippen LogP contribution in [0.15, 0.2) is 18.2 Å². The van der Waals surface area contributed by atoms with Crippen LogP contribution in [0.25, 0.3) is 0 Å². The molecule has 2 N–H and O–H groups in total. The van der Waals surface area contributed by atoms with Crippen molar-refractivity contribution in [1.29, 1.82) is 0 Å². The second-order valence-electron chi connectivity index (χ2n) is 6.07. The van der Waals surface area contributed by atoms with E-state index in [1.54, 1.807) is 18.2 Å². The summed E-state index contributed by atoms with van der Waals surface area (Å²) in [6, 6.07) is 5.13. The molecule has 0 aromatic heterocycles. The van der Waals surface area contributed by atoms with Gasteiger partial charge in [-0.1, -0.05) is 13.0 Å². The van der Waals surface area contributed by atoms with Gasteiger partial charge in [0.1, 0.15) is 0 Å². The van der Waals surface area contributed by atoms with Gasteiger partial charge in [-0.05, 0) is 49.5 Å². The summed E-state index contributed by atoms with van der Waals surface area (Å²) in [5, 5.41) is 0. The molecule has 1 aliphatic heterocycles. The lowest BCUT2D eigenvalue weighted by atomic mass is 9.90. The van der Waals surface area contributed by atoms with Gasteiger partial charge in [-0.3, -0.25) is 4.90 Å². The smallest absolute Gasteiger partial charge is 0.387 e. The Hall–Kier alpha value is -1.11. The lowest BCUT2D eigenvalue weighted by molar-refractivity contribution is -0.0514. The predicted octanol–water partition coefficient (Wildman–Crippen LogP) is 3.28. The Balaban J connectivity index is 0.00000264. The first-order chi connectivity index (χ1) is 10.5. The van der Waals surface area contributed by atoms with Gasteiger partial charge in [-0.2, -0.15) is 8.78 Å². The largest absolute Gasteiger partial charge is 0.490 e. The SMILES string of the molecule is CCOc1cc(CN2CCC(C)(CN)C2)ccc1OC(F)F.Cl. The number of nitrogens with zero attached hydrogens (tertiary/aromatic N) is 1. The molecule has 1 aromatic carbocycles. The fourth-order valence-electron chi connectivity index (χ4n) is 2.80. The molecule has 1 heterocycles. The number of alkyl halides is 2. The average molecular weight is 351 g/mol. The van der Waals surface area contributed by atoms with E-state index >= 15 is 0 Å². The molecule has 1 fully saturated rings. The number of benzene rings is 1. The van der Waals surface area contributed by atoms with Crippen molar-refractivity contribution in [1.82, 2.24) is 4.90 Å². The van der Waals surface area contributed by atoms with Crippen LogP contribution in [0.4, 0.5) is 8.78 Å². The normalized spacial score (nSPS) is 21.3. The minimum atomic E-state index is -2.85. The molecule has 1 aliphatic rings. The molecule has 1 unspecified atom stereocenters. The van der Waals surface area contributed by atoms with Crippen molar-refractivity contribution in [2.75, 3.05) is 26.2 Å². The lowest BCUT2D eigenvalue weighted by Crippen LogP contribution is -2.31. The number of ether oxygens (including phenoxy) is 2. The van der Waals surface area contributed by atoms with Crippen LogP contribution in [0.3, 0.4) is 0 Å². The second-order valence-corrected chi connectivity index (χ2v) is 6.07. The zero-order chi connectivity index (χ0) is 16.2. The van der Waals surface area contributed by atoms with Crippen LogP contribution >= 0.6 is 12.4 Å². The second kappa shape index (κ2) is 8.66. The summed E-state index contributed by atoms with van der Waals surface area (Å²) >= 11 is 0. The van der Waals surface area contributed by atoms with Crippen LogP contribution < -0.4 is 15.2 Å². The maximum Gasteiger partial charge on any atom is 0.387 e. The van der Waals surface area contributed by atoms with Crippen LogP contribution in [-0.4, -0.2) is 37.8 Å². The maximum absolute atomic E-state index is 12.4. The van der Waals surface area contributed by atoms with E-state index in [1.165, 1.54) is 0 Å². The Kier molecular flexibility index (Phi) is 7.51. The highest BCUT2D eigenvalue weighted by atomic mass is 35.5. The van der Waals surface area contributed by atoms with Crippen molar-refractivity contribution >= 4 is 12.4 Å². The number of halogens is 3. The monoisotopic (exact) mass is 350 g/mol. The molecule has 1 aromatic rings. The van der Waals surface area contributed by atoms with Crippen molar-refractivity contribution in [2.24, 2.45) is 11.1 Å². The van der Waals surface area contributed by atoms with Crippen LogP contribution in [0.2, 0.25) is 0 Å². The van der Waals surface area contributed by atoms with Gasteiger partial charge in [0.05, 0.1) is 6.61 Å². The quantitative estimate of drug-likeness (QED) is 0.819. The molecule has 1 atom stereocenters. The van der Waals surface area contributed by atoms with Crippen molar-refractivity contribution in [3.8, 4) is 11.5 Å². The Bertz CT molecular complexity index is 505. The zero-order valence-corrected chi connectivity index (χ0v) is 14.4. The van der Waals surface area contributed by atoms with Gasteiger partial charge in [0.2, 0.25) is 0 Å². The molecule has 7 heteroatoms. The van der Waals surface area contributed by atoms with Gasteiger partial charge in [0, 0.05) is 13.1 Å². The summed E-state index contributed by atoms with van der Waals surface area (Å²) < 4.78 is 34.7. The third kappa shape index (κ3) is 5.48. The molecule has 0 bridgehead atoms. The highest BCUT2D eigenvalue weighted by molar-refractivity contribution is 5.85. The Morgan fingerprint density at radius 1 is 1.35 bits per heavy atom. The van der Waals surface area contributed by atoms with E-state index in [0.29, 0.717) is 18.9 Å². The zero-order valence-electron chi connectivity index (χ0n) is 13.6. The topological polar surface area (TPSA) is 47.7 Å². The van der Waals surface area contributed by atoms with Gasteiger partial charge in [0.15, 0.2) is 11.5 Å². The summed E-state index contributed by atoms with van der Waals surface area (Å²) in [5.74, 6) is 0.440. The summed E-state index contributed by atoms with van der Waals surface area (Å²) in [4.78, 5) is 2.32. The molecule has 0 spiro atoms. The molecule has 0 aliphatic carbocycles. The van der Waals surface area contributed by atoms with Gasteiger partial charge in [-0.15, -0.1) is 12.4 Å². The number of hydrogen-bond acceptors (Lipinski definition) is 4. The molecule has 0 amide bonds. The highest BCUT2D eigenvalue weighted by Gasteiger charge is 2.32. The molecule has 132 valence electrons. The van der Waals surface area contributed by atoms with E-state index in [-0.39, 0.29) is 23.6 Å². The fourth-order valence-corrected chi connectivity index (χ4v) is 2.80. The number of rotatable bonds is 7. The third-order valence-corrected chi connectivity index (χ3v) is 4.06. The van der Waals surface area contributed by atoms with Crippen molar-refractivity contribution < 1.29 is 18.3 Å². The number of likely N-dealkylation sites (tertiary alicyclic amines) is 1. The van der Waals surface area contributed by atoms with E-state index in [0.717, 1.165) is 31.6 Å². The van der Waals surface area contributed by atoms with Gasteiger partial charge < -0.3 is 15.2 Å². The minimum Gasteiger partial charge on any atom is -0.490 e. The summed E-state index contributed by atoms with van der Waals surface area (Å²) in [6.07, 6.45) is 1.08. The summed E-state index contributed by atoms with van der Waals surface area (Å²) in [5.41, 5.74) is 7.01. The van der Waals surface area contributed by atoms with Crippen LogP contribution in [-0.2, 0) is 6.54 Å². The molecule has 2 rings (SSSR count). The van der Waals surface area contributed by atoms with Gasteiger partial charge in [-0.25, -0.2) is 0 Å². The lowest BCUT2D eigenvalue weighted by Gasteiger charge is -2.23. The first-order valence-electron chi connectivity index (χ1n) is 7.59. The Morgan fingerprint density at radius 3 is 2.65 bits per heavy atom. The van der Waals surface area contributed by atoms with E-state index in [4.69, 9.17) is 10.5 Å². The maximum atomic E-state index is 12.4. The average Bonchev–Trinajstić information content (AvgIpc) is 2.84.